The Balaban J connectivity index is 0.000000363. The molecule has 0 bridgehead atoms. The van der Waals surface area contributed by atoms with Crippen LogP contribution in [0.15, 0.2) is 95.2 Å². The smallest absolute Gasteiger partial charge is 0.407 e. The molecule has 0 aliphatic rings. The minimum absolute atomic E-state index is 0.148. The molecule has 0 radical (unpaired) electrons. The standard InChI is InChI=1S/C25H29F2N5O5.C20H21F2N5O3/c1-25(2,3)37-24(35)29-13-5-4-12-20(21(33)15-36-22-18(26)10-7-11-19(22)27)30-23(34)16-8-6-9-17(14-16)31-32-28;21-15-7-4-8-16(22)19(15)30-12-18(28)17(9-1-2-10-23)25-20(29)13-5-3-6-14(11-13)26-27-24/h6-11,14,20H,4-5,12-13,15H2,1-3H3,(H,29,35)(H,30,34);3-8,11,17H,1-2,9-10,12,23H2,(H,25,29)/t20-;17-/m00/s1. The van der Waals surface area contributed by atoms with E-state index in [2.05, 4.69) is 36.0 Å². The van der Waals surface area contributed by atoms with Crippen LogP contribution in [-0.4, -0.2) is 73.5 Å². The van der Waals surface area contributed by atoms with Crippen molar-refractivity contribution in [2.75, 3.05) is 26.3 Å². The summed E-state index contributed by atoms with van der Waals surface area (Å²) in [5, 5.41) is 14.7. The first-order chi connectivity index (χ1) is 32.0. The minimum Gasteiger partial charge on any atom is -0.480 e. The molecule has 0 spiro atoms. The third-order valence-electron chi connectivity index (χ3n) is 9.02. The number of halogens is 4. The molecule has 356 valence electrons. The lowest BCUT2D eigenvalue weighted by Gasteiger charge is -2.20. The first kappa shape index (κ1) is 53.7. The van der Waals surface area contributed by atoms with Gasteiger partial charge in [0.15, 0.2) is 46.3 Å². The number of alkyl carbamates (subject to hydrolysis) is 1. The second kappa shape index (κ2) is 27.6. The number of nitrogens with zero attached hydrogens (tertiary/aromatic N) is 6. The summed E-state index contributed by atoms with van der Waals surface area (Å²) < 4.78 is 70.4. The second-order valence-corrected chi connectivity index (χ2v) is 15.4. The van der Waals surface area contributed by atoms with E-state index in [-0.39, 0.29) is 41.9 Å². The van der Waals surface area contributed by atoms with Crippen LogP contribution in [0.3, 0.4) is 0 Å². The number of rotatable bonds is 23. The van der Waals surface area contributed by atoms with E-state index in [1.165, 1.54) is 54.6 Å². The molecule has 5 N–H and O–H groups in total. The van der Waals surface area contributed by atoms with Gasteiger partial charge < -0.3 is 35.9 Å². The number of ether oxygens (including phenoxy) is 3. The number of azide groups is 2. The second-order valence-electron chi connectivity index (χ2n) is 15.4. The molecule has 2 atom stereocenters. The maximum absolute atomic E-state index is 13.9. The number of benzene rings is 4. The highest BCUT2D eigenvalue weighted by atomic mass is 19.1. The minimum atomic E-state index is -1.05. The van der Waals surface area contributed by atoms with E-state index in [0.717, 1.165) is 30.3 Å². The number of unbranched alkanes of at least 4 members (excludes halogenated alkanes) is 2. The topological polar surface area (TPSA) is 273 Å². The van der Waals surface area contributed by atoms with Crippen molar-refractivity contribution in [3.8, 4) is 11.5 Å². The van der Waals surface area contributed by atoms with Crippen molar-refractivity contribution in [1.29, 1.82) is 0 Å². The van der Waals surface area contributed by atoms with Gasteiger partial charge in [0.2, 0.25) is 0 Å². The number of amides is 3. The summed E-state index contributed by atoms with van der Waals surface area (Å²) in [6.45, 7) is 4.60. The molecule has 18 nitrogen and oxygen atoms in total. The predicted molar refractivity (Wildman–Crippen MR) is 238 cm³/mol. The molecule has 0 unspecified atom stereocenters. The molecular formula is C45H50F4N10O8. The summed E-state index contributed by atoms with van der Waals surface area (Å²) in [7, 11) is 0. The van der Waals surface area contributed by atoms with Gasteiger partial charge in [-0.25, -0.2) is 22.4 Å². The summed E-state index contributed by atoms with van der Waals surface area (Å²) >= 11 is 0. The maximum atomic E-state index is 13.9. The number of carbonyl (C=O) groups excluding carboxylic acids is 5. The van der Waals surface area contributed by atoms with Crippen LogP contribution in [-0.2, 0) is 14.3 Å². The lowest BCUT2D eigenvalue weighted by atomic mass is 10.0. The average molecular weight is 935 g/mol. The van der Waals surface area contributed by atoms with Gasteiger partial charge in [0.1, 0.15) is 18.8 Å². The SMILES string of the molecule is CC(C)(C)OC(=O)NCCCC[C@H](NC(=O)c1cccc(N=[N+]=[N-])c1)C(=O)COc1c(F)cccc1F.[N-]=[N+]=Nc1cccc(C(=O)N[C@@H](CCCCN)C(=O)COc2c(F)cccc2F)c1. The Kier molecular flexibility index (Phi) is 22.1. The van der Waals surface area contributed by atoms with Gasteiger partial charge >= 0.3 is 6.09 Å². The molecule has 67 heavy (non-hydrogen) atoms. The van der Waals surface area contributed by atoms with Crippen molar-refractivity contribution in [2.45, 2.75) is 77.0 Å². The lowest BCUT2D eigenvalue weighted by molar-refractivity contribution is -0.123. The highest BCUT2D eigenvalue weighted by molar-refractivity contribution is 5.99. The van der Waals surface area contributed by atoms with Gasteiger partial charge in [0, 0.05) is 38.9 Å². The van der Waals surface area contributed by atoms with E-state index >= 15 is 0 Å². The van der Waals surface area contributed by atoms with E-state index in [0.29, 0.717) is 32.2 Å². The Morgan fingerprint density at radius 3 is 1.43 bits per heavy atom. The van der Waals surface area contributed by atoms with Crippen LogP contribution in [0, 0.1) is 23.3 Å². The van der Waals surface area contributed by atoms with Crippen LogP contribution in [0.25, 0.3) is 20.9 Å². The summed E-state index contributed by atoms with van der Waals surface area (Å²) in [6, 6.07) is 16.2. The highest BCUT2D eigenvalue weighted by Crippen LogP contribution is 2.23. The van der Waals surface area contributed by atoms with Crippen molar-refractivity contribution in [1.82, 2.24) is 16.0 Å². The van der Waals surface area contributed by atoms with Crippen LogP contribution in [0.1, 0.15) is 80.0 Å². The molecule has 0 aliphatic carbocycles. The molecule has 0 aromatic heterocycles. The highest BCUT2D eigenvalue weighted by Gasteiger charge is 2.25. The molecule has 0 saturated carbocycles. The van der Waals surface area contributed by atoms with Crippen molar-refractivity contribution in [3.05, 3.63) is 140 Å². The molecule has 0 fully saturated rings. The lowest BCUT2D eigenvalue weighted by Crippen LogP contribution is -2.43. The van der Waals surface area contributed by atoms with Crippen LogP contribution >= 0.6 is 0 Å². The van der Waals surface area contributed by atoms with E-state index in [1.807, 2.05) is 0 Å². The third kappa shape index (κ3) is 19.1. The number of nitrogens with one attached hydrogen (secondary N) is 3. The number of ketones is 2. The summed E-state index contributed by atoms with van der Waals surface area (Å²) in [5.74, 6) is -7.46. The van der Waals surface area contributed by atoms with Crippen molar-refractivity contribution < 1.29 is 55.7 Å². The Hall–Kier alpha value is -7.67. The molecular weight excluding hydrogens is 885 g/mol. The van der Waals surface area contributed by atoms with E-state index < -0.39 is 95.1 Å². The van der Waals surface area contributed by atoms with Crippen LogP contribution in [0.2, 0.25) is 0 Å². The van der Waals surface area contributed by atoms with Crippen molar-refractivity contribution >= 4 is 40.8 Å². The van der Waals surface area contributed by atoms with Gasteiger partial charge in [-0.1, -0.05) is 46.6 Å². The van der Waals surface area contributed by atoms with E-state index in [1.54, 1.807) is 20.8 Å². The molecule has 4 aromatic rings. The monoisotopic (exact) mass is 934 g/mol. The van der Waals surface area contributed by atoms with Crippen LogP contribution in [0.4, 0.5) is 33.7 Å². The fourth-order valence-corrected chi connectivity index (χ4v) is 5.83. The Bertz CT molecular complexity index is 2400. The average Bonchev–Trinajstić information content (AvgIpc) is 3.27. The number of para-hydroxylation sites is 2. The number of hydrogen-bond donors (Lipinski definition) is 4. The zero-order valence-electron chi connectivity index (χ0n) is 36.8. The Morgan fingerprint density at radius 2 is 1.04 bits per heavy atom. The largest absolute Gasteiger partial charge is 0.480 e. The molecule has 3 amide bonds. The number of nitrogens with two attached hydrogens (primary N) is 1. The Labute approximate surface area is 382 Å². The summed E-state index contributed by atoms with van der Waals surface area (Å²) in [5.41, 5.74) is 22.8. The molecule has 0 aliphatic heterocycles. The van der Waals surface area contributed by atoms with Gasteiger partial charge in [-0.05, 0) is 125 Å². The van der Waals surface area contributed by atoms with Gasteiger partial charge in [-0.3, -0.25) is 19.2 Å². The fourth-order valence-electron chi connectivity index (χ4n) is 5.83. The van der Waals surface area contributed by atoms with Gasteiger partial charge in [-0.15, -0.1) is 0 Å². The van der Waals surface area contributed by atoms with E-state index in [4.69, 9.17) is 31.0 Å². The number of Topliss-reactive ketones (excluding diaryl/α,β-unsaturated/α-hetero) is 2. The van der Waals surface area contributed by atoms with Crippen molar-refractivity contribution in [2.24, 2.45) is 16.0 Å². The predicted octanol–water partition coefficient (Wildman–Crippen LogP) is 9.13. The summed E-state index contributed by atoms with van der Waals surface area (Å²) in [4.78, 5) is 67.9. The Morgan fingerprint density at radius 1 is 0.642 bits per heavy atom. The molecule has 0 saturated heterocycles. The first-order valence-corrected chi connectivity index (χ1v) is 20.7. The molecule has 4 aromatic carbocycles. The van der Waals surface area contributed by atoms with Crippen LogP contribution < -0.4 is 31.2 Å². The maximum Gasteiger partial charge on any atom is 0.407 e. The van der Waals surface area contributed by atoms with Gasteiger partial charge in [0.25, 0.3) is 11.8 Å². The van der Waals surface area contributed by atoms with E-state index in [9.17, 15) is 41.5 Å². The number of hydrogen-bond acceptors (Lipinski definition) is 11. The number of carbonyl (C=O) groups is 5. The van der Waals surface area contributed by atoms with Crippen LogP contribution in [0.5, 0.6) is 11.5 Å². The molecule has 22 heteroatoms. The molecule has 4 rings (SSSR count). The van der Waals surface area contributed by atoms with Crippen molar-refractivity contribution in [3.63, 3.8) is 0 Å². The van der Waals surface area contributed by atoms with Gasteiger partial charge in [0.05, 0.1) is 12.1 Å². The zero-order valence-corrected chi connectivity index (χ0v) is 36.8. The molecule has 0 heterocycles. The third-order valence-corrected chi connectivity index (χ3v) is 9.02. The zero-order chi connectivity index (χ0) is 49.4. The fraction of sp³-hybridized carbons (Fsp3) is 0.356. The normalized spacial score (nSPS) is 11.5. The first-order valence-electron chi connectivity index (χ1n) is 20.7. The summed E-state index contributed by atoms with van der Waals surface area (Å²) in [6.07, 6.45) is 1.94. The van der Waals surface area contributed by atoms with Gasteiger partial charge in [-0.2, -0.15) is 0 Å². The quantitative estimate of drug-likeness (QED) is 0.0181.